The molecule has 0 N–H and O–H groups in total. The van der Waals surface area contributed by atoms with Crippen LogP contribution in [0.4, 0.5) is 0 Å². The molecule has 0 saturated carbocycles. The lowest BCUT2D eigenvalue weighted by Gasteiger charge is -2.04. The number of aliphatic imine (C=N–C) groups is 1. The van der Waals surface area contributed by atoms with Gasteiger partial charge in [0, 0.05) is 6.20 Å². The second kappa shape index (κ2) is 3.66. The molecule has 0 unspecified atom stereocenters. The number of carbonyl (C=O) groups excluding carboxylic acids is 2. The Bertz CT molecular complexity index is 268. The Balaban J connectivity index is 2.72. The van der Waals surface area contributed by atoms with Gasteiger partial charge in [0.1, 0.15) is 11.9 Å². The van der Waals surface area contributed by atoms with Crippen molar-refractivity contribution in [2.45, 2.75) is 6.92 Å². The van der Waals surface area contributed by atoms with Gasteiger partial charge in [-0.2, -0.15) is 5.32 Å². The molecule has 63 valence electrons. The van der Waals surface area contributed by atoms with Crippen LogP contribution in [0.3, 0.4) is 0 Å². The van der Waals surface area contributed by atoms with Crippen molar-refractivity contribution in [1.82, 2.24) is 5.32 Å². The molecule has 0 aromatic heterocycles. The quantitative estimate of drug-likeness (QED) is 0.415. The second-order valence-corrected chi connectivity index (χ2v) is 1.96. The van der Waals surface area contributed by atoms with Gasteiger partial charge in [-0.1, -0.05) is 0 Å². The highest BCUT2D eigenvalue weighted by atomic mass is 16.5. The number of hydrogen-bond acceptors (Lipinski definition) is 4. The van der Waals surface area contributed by atoms with Crippen LogP contribution in [0, 0.1) is 0 Å². The van der Waals surface area contributed by atoms with Crippen molar-refractivity contribution in [2.24, 2.45) is 4.99 Å². The summed E-state index contributed by atoms with van der Waals surface area (Å²) in [6.45, 7) is 1.89. The molecule has 1 radical (unpaired) electrons. The van der Waals surface area contributed by atoms with Gasteiger partial charge < -0.3 is 4.74 Å². The van der Waals surface area contributed by atoms with Crippen LogP contribution in [0.5, 0.6) is 0 Å². The first kappa shape index (κ1) is 8.45. The van der Waals surface area contributed by atoms with E-state index in [0.29, 0.717) is 0 Å². The molecule has 5 nitrogen and oxygen atoms in total. The summed E-state index contributed by atoms with van der Waals surface area (Å²) in [4.78, 5) is 25.4. The van der Waals surface area contributed by atoms with E-state index in [2.05, 4.69) is 15.0 Å². The monoisotopic (exact) mass is 167 g/mol. The molecular formula is C7H7N2O3. The Morgan fingerprint density at radius 3 is 3.00 bits per heavy atom. The van der Waals surface area contributed by atoms with Crippen molar-refractivity contribution < 1.29 is 14.3 Å². The van der Waals surface area contributed by atoms with E-state index in [1.54, 1.807) is 6.92 Å². The van der Waals surface area contributed by atoms with E-state index in [1.807, 2.05) is 0 Å². The number of rotatable bonds is 2. The van der Waals surface area contributed by atoms with Crippen LogP contribution >= 0.6 is 0 Å². The van der Waals surface area contributed by atoms with Crippen LogP contribution in [0.25, 0.3) is 0 Å². The number of hydrogen-bond donors (Lipinski definition) is 0. The molecule has 0 fully saturated rings. The normalized spacial score (nSPS) is 15.1. The Labute approximate surface area is 69.1 Å². The average Bonchev–Trinajstić information content (AvgIpc) is 2.05. The summed E-state index contributed by atoms with van der Waals surface area (Å²) < 4.78 is 4.59. The summed E-state index contributed by atoms with van der Waals surface area (Å²) in [5.74, 6) is -1.29. The van der Waals surface area contributed by atoms with Crippen LogP contribution in [-0.4, -0.2) is 24.8 Å². The van der Waals surface area contributed by atoms with Gasteiger partial charge in [0.25, 0.3) is 5.91 Å². The molecule has 5 heteroatoms. The largest absolute Gasteiger partial charge is 0.462 e. The fourth-order valence-electron chi connectivity index (χ4n) is 0.667. The maximum Gasteiger partial charge on any atom is 0.345 e. The van der Waals surface area contributed by atoms with E-state index in [-0.39, 0.29) is 12.2 Å². The minimum Gasteiger partial charge on any atom is -0.462 e. The van der Waals surface area contributed by atoms with Crippen LogP contribution < -0.4 is 5.32 Å². The second-order valence-electron chi connectivity index (χ2n) is 1.96. The van der Waals surface area contributed by atoms with Crippen LogP contribution in [0.15, 0.2) is 16.8 Å². The fraction of sp³-hybridized carbons (Fsp3) is 0.286. The highest BCUT2D eigenvalue weighted by molar-refractivity contribution is 6.19. The van der Waals surface area contributed by atoms with Gasteiger partial charge >= 0.3 is 5.97 Å². The van der Waals surface area contributed by atoms with E-state index in [0.717, 1.165) is 12.5 Å². The van der Waals surface area contributed by atoms with E-state index in [9.17, 15) is 9.59 Å². The summed E-state index contributed by atoms with van der Waals surface area (Å²) in [5, 5.41) is 3.31. The summed E-state index contributed by atoms with van der Waals surface area (Å²) in [7, 11) is 0. The zero-order chi connectivity index (χ0) is 8.97. The molecule has 1 aliphatic rings. The third-order valence-electron chi connectivity index (χ3n) is 1.17. The SMILES string of the molecule is CCOC(=O)C1=CN=C[N]C1=O. The zero-order valence-corrected chi connectivity index (χ0v) is 6.48. The molecule has 0 aliphatic carbocycles. The van der Waals surface area contributed by atoms with Crippen LogP contribution in [0.2, 0.25) is 0 Å². The van der Waals surface area contributed by atoms with Gasteiger partial charge in [-0.25, -0.2) is 9.79 Å². The molecule has 12 heavy (non-hydrogen) atoms. The minimum atomic E-state index is -0.678. The third kappa shape index (κ3) is 1.69. The van der Waals surface area contributed by atoms with Gasteiger partial charge in [-0.05, 0) is 6.92 Å². The molecule has 0 saturated heterocycles. The van der Waals surface area contributed by atoms with Crippen LogP contribution in [-0.2, 0) is 14.3 Å². The molecule has 1 aliphatic heterocycles. The molecule has 0 bridgehead atoms. The van der Waals surface area contributed by atoms with Gasteiger partial charge in [0.15, 0.2) is 0 Å². The van der Waals surface area contributed by atoms with Gasteiger partial charge in [-0.15, -0.1) is 0 Å². The first-order valence-electron chi connectivity index (χ1n) is 3.40. The van der Waals surface area contributed by atoms with Crippen molar-refractivity contribution >= 4 is 18.2 Å². The van der Waals surface area contributed by atoms with Crippen molar-refractivity contribution in [3.8, 4) is 0 Å². The molecule has 1 amide bonds. The summed E-state index contributed by atoms with van der Waals surface area (Å²) in [5.41, 5.74) is -0.126. The lowest BCUT2D eigenvalue weighted by atomic mass is 10.2. The van der Waals surface area contributed by atoms with Gasteiger partial charge in [0.2, 0.25) is 0 Å². The predicted octanol–water partition coefficient (Wildman–Crippen LogP) is -0.394. The molecule has 0 spiro atoms. The maximum atomic E-state index is 11.0. The summed E-state index contributed by atoms with van der Waals surface area (Å²) in [6, 6.07) is 0. The van der Waals surface area contributed by atoms with Gasteiger partial charge in [-0.3, -0.25) is 4.79 Å². The minimum absolute atomic E-state index is 0.126. The fourth-order valence-corrected chi connectivity index (χ4v) is 0.667. The number of carbonyl (C=O) groups is 2. The van der Waals surface area contributed by atoms with E-state index in [1.165, 1.54) is 0 Å². The lowest BCUT2D eigenvalue weighted by molar-refractivity contribution is -0.140. The zero-order valence-electron chi connectivity index (χ0n) is 6.48. The van der Waals surface area contributed by atoms with Crippen molar-refractivity contribution in [3.05, 3.63) is 11.8 Å². The van der Waals surface area contributed by atoms with Crippen molar-refractivity contribution in [3.63, 3.8) is 0 Å². The topological polar surface area (TPSA) is 69.8 Å². The molecular weight excluding hydrogens is 160 g/mol. The van der Waals surface area contributed by atoms with Crippen molar-refractivity contribution in [1.29, 1.82) is 0 Å². The Kier molecular flexibility index (Phi) is 2.57. The molecule has 1 rings (SSSR count). The van der Waals surface area contributed by atoms with E-state index in [4.69, 9.17) is 0 Å². The summed E-state index contributed by atoms with van der Waals surface area (Å²) >= 11 is 0. The summed E-state index contributed by atoms with van der Waals surface area (Å²) in [6.07, 6.45) is 2.23. The van der Waals surface area contributed by atoms with Crippen LogP contribution in [0.1, 0.15) is 6.92 Å². The lowest BCUT2D eigenvalue weighted by Crippen LogP contribution is -2.25. The van der Waals surface area contributed by atoms with Gasteiger partial charge in [0.05, 0.1) is 6.61 Å². The standard InChI is InChI=1S/C7H7N2O3/c1-2-12-7(11)5-3-8-4-9-6(5)10/h3-4H,2H2,1H3. The molecule has 0 aromatic carbocycles. The molecule has 0 aromatic rings. The first-order chi connectivity index (χ1) is 5.75. The predicted molar refractivity (Wildman–Crippen MR) is 40.3 cm³/mol. The number of ether oxygens (including phenoxy) is 1. The molecule has 0 atom stereocenters. The molecule has 1 heterocycles. The number of amides is 1. The number of esters is 1. The van der Waals surface area contributed by atoms with E-state index < -0.39 is 11.9 Å². The van der Waals surface area contributed by atoms with Crippen molar-refractivity contribution in [2.75, 3.05) is 6.61 Å². The maximum absolute atomic E-state index is 11.0. The Morgan fingerprint density at radius 2 is 2.42 bits per heavy atom. The highest BCUT2D eigenvalue weighted by Crippen LogP contribution is 2.02. The smallest absolute Gasteiger partial charge is 0.345 e. The third-order valence-corrected chi connectivity index (χ3v) is 1.17. The number of nitrogens with zero attached hydrogens (tertiary/aromatic N) is 2. The Hall–Kier alpha value is -1.65. The highest BCUT2D eigenvalue weighted by Gasteiger charge is 2.21. The first-order valence-corrected chi connectivity index (χ1v) is 3.40. The average molecular weight is 167 g/mol. The Morgan fingerprint density at radius 1 is 1.67 bits per heavy atom. The van der Waals surface area contributed by atoms with E-state index >= 15 is 0 Å².